The summed E-state index contributed by atoms with van der Waals surface area (Å²) in [5.74, 6) is -0.445. The van der Waals surface area contributed by atoms with Crippen molar-refractivity contribution in [1.82, 2.24) is 4.31 Å². The highest BCUT2D eigenvalue weighted by Crippen LogP contribution is 2.35. The molecule has 1 atom stereocenters. The first-order valence-electron chi connectivity index (χ1n) is 8.01. The largest absolute Gasteiger partial charge is 0.243 e. The summed E-state index contributed by atoms with van der Waals surface area (Å²) in [4.78, 5) is 0.129. The third-order valence-electron chi connectivity index (χ3n) is 4.38. The molecule has 0 radical (unpaired) electrons. The molecule has 24 heavy (non-hydrogen) atoms. The molecule has 0 saturated carbocycles. The maximum Gasteiger partial charge on any atom is 0.243 e. The highest BCUT2D eigenvalue weighted by molar-refractivity contribution is 7.89. The van der Waals surface area contributed by atoms with Crippen LogP contribution in [0.5, 0.6) is 0 Å². The standard InChI is InChI=1S/C18H19ClFNO2S/c19-15-7-5-14(6-8-15)18-4-2-1-3-13-21(18)24(22,23)17-11-9-16(20)10-12-17/h5-12,18H,1-4,13H2/t18-/m0/s1. The lowest BCUT2D eigenvalue weighted by Gasteiger charge is -2.29. The Bertz CT molecular complexity index is 791. The summed E-state index contributed by atoms with van der Waals surface area (Å²) in [6.45, 7) is 0.465. The third-order valence-corrected chi connectivity index (χ3v) is 6.55. The van der Waals surface area contributed by atoms with E-state index in [0.29, 0.717) is 11.6 Å². The fourth-order valence-corrected chi connectivity index (χ4v) is 4.94. The van der Waals surface area contributed by atoms with E-state index >= 15 is 0 Å². The highest BCUT2D eigenvalue weighted by Gasteiger charge is 2.33. The number of hydrogen-bond acceptors (Lipinski definition) is 2. The van der Waals surface area contributed by atoms with Gasteiger partial charge in [-0.05, 0) is 54.8 Å². The summed E-state index contributed by atoms with van der Waals surface area (Å²) in [5, 5.41) is 0.625. The lowest BCUT2D eigenvalue weighted by molar-refractivity contribution is 0.329. The Morgan fingerprint density at radius 1 is 0.958 bits per heavy atom. The van der Waals surface area contributed by atoms with Crippen LogP contribution >= 0.6 is 11.6 Å². The molecular formula is C18H19ClFNO2S. The van der Waals surface area contributed by atoms with Gasteiger partial charge in [-0.25, -0.2) is 12.8 Å². The van der Waals surface area contributed by atoms with Crippen LogP contribution < -0.4 is 0 Å². The van der Waals surface area contributed by atoms with E-state index in [-0.39, 0.29) is 10.9 Å². The minimum atomic E-state index is -3.68. The maximum atomic E-state index is 13.1. The van der Waals surface area contributed by atoms with Crippen LogP contribution in [0.1, 0.15) is 37.3 Å². The summed E-state index contributed by atoms with van der Waals surface area (Å²) >= 11 is 5.95. The third kappa shape index (κ3) is 3.63. The monoisotopic (exact) mass is 367 g/mol. The van der Waals surface area contributed by atoms with Gasteiger partial charge in [-0.2, -0.15) is 4.31 Å². The Labute approximate surface area is 147 Å². The highest BCUT2D eigenvalue weighted by atomic mass is 35.5. The van der Waals surface area contributed by atoms with Gasteiger partial charge >= 0.3 is 0 Å². The minimum Gasteiger partial charge on any atom is -0.207 e. The average Bonchev–Trinajstić information content (AvgIpc) is 2.82. The first-order chi connectivity index (χ1) is 11.5. The van der Waals surface area contributed by atoms with E-state index in [1.165, 1.54) is 24.3 Å². The molecule has 1 saturated heterocycles. The SMILES string of the molecule is O=S(=O)(c1ccc(F)cc1)N1CCCCC[C@H]1c1ccc(Cl)cc1. The number of hydrogen-bond donors (Lipinski definition) is 0. The zero-order valence-electron chi connectivity index (χ0n) is 13.2. The molecule has 2 aromatic carbocycles. The number of sulfonamides is 1. The van der Waals surface area contributed by atoms with Crippen molar-refractivity contribution in [2.75, 3.05) is 6.54 Å². The zero-order valence-corrected chi connectivity index (χ0v) is 14.7. The number of halogens is 2. The summed E-state index contributed by atoms with van der Waals surface area (Å²) < 4.78 is 40.9. The van der Waals surface area contributed by atoms with Gasteiger partial charge in [-0.3, -0.25) is 0 Å². The first-order valence-corrected chi connectivity index (χ1v) is 9.83. The Hall–Kier alpha value is -1.43. The molecule has 6 heteroatoms. The molecule has 0 amide bonds. The second-order valence-corrected chi connectivity index (χ2v) is 8.31. The van der Waals surface area contributed by atoms with Crippen molar-refractivity contribution in [3.8, 4) is 0 Å². The van der Waals surface area contributed by atoms with E-state index in [2.05, 4.69) is 0 Å². The molecule has 0 spiro atoms. The van der Waals surface area contributed by atoms with Crippen LogP contribution in [-0.4, -0.2) is 19.3 Å². The summed E-state index contributed by atoms with van der Waals surface area (Å²) in [6, 6.07) is 12.1. The van der Waals surface area contributed by atoms with Crippen molar-refractivity contribution in [1.29, 1.82) is 0 Å². The lowest BCUT2D eigenvalue weighted by Crippen LogP contribution is -2.34. The number of rotatable bonds is 3. The molecule has 0 unspecified atom stereocenters. The van der Waals surface area contributed by atoms with Gasteiger partial charge in [0.15, 0.2) is 0 Å². The van der Waals surface area contributed by atoms with Gasteiger partial charge in [0.05, 0.1) is 10.9 Å². The molecule has 1 aliphatic rings. The number of nitrogens with zero attached hydrogens (tertiary/aromatic N) is 1. The van der Waals surface area contributed by atoms with Crippen molar-refractivity contribution < 1.29 is 12.8 Å². The van der Waals surface area contributed by atoms with Crippen LogP contribution in [0.2, 0.25) is 5.02 Å². The van der Waals surface area contributed by atoms with Crippen molar-refractivity contribution >= 4 is 21.6 Å². The van der Waals surface area contributed by atoms with Gasteiger partial charge in [-0.1, -0.05) is 36.6 Å². The van der Waals surface area contributed by atoms with E-state index in [0.717, 1.165) is 31.2 Å². The zero-order chi connectivity index (χ0) is 17.2. The molecule has 3 rings (SSSR count). The Kier molecular flexibility index (Phi) is 5.23. The fourth-order valence-electron chi connectivity index (χ4n) is 3.13. The topological polar surface area (TPSA) is 37.4 Å². The van der Waals surface area contributed by atoms with Crippen LogP contribution in [0, 0.1) is 5.82 Å². The van der Waals surface area contributed by atoms with Gasteiger partial charge in [-0.15, -0.1) is 0 Å². The Morgan fingerprint density at radius 3 is 2.29 bits per heavy atom. The van der Waals surface area contributed by atoms with Crippen molar-refractivity contribution in [2.45, 2.75) is 36.6 Å². The maximum absolute atomic E-state index is 13.1. The van der Waals surface area contributed by atoms with E-state index in [1.54, 1.807) is 16.4 Å². The predicted octanol–water partition coefficient (Wildman–Crippen LogP) is 4.79. The van der Waals surface area contributed by atoms with E-state index in [1.807, 2.05) is 12.1 Å². The van der Waals surface area contributed by atoms with E-state index in [4.69, 9.17) is 11.6 Å². The molecule has 1 heterocycles. The van der Waals surface area contributed by atoms with Crippen molar-refractivity contribution in [3.63, 3.8) is 0 Å². The van der Waals surface area contributed by atoms with Crippen molar-refractivity contribution in [3.05, 3.63) is 64.9 Å². The molecule has 0 aliphatic carbocycles. The molecular weight excluding hydrogens is 349 g/mol. The fraction of sp³-hybridized carbons (Fsp3) is 0.333. The summed E-state index contributed by atoms with van der Waals surface area (Å²) in [7, 11) is -3.68. The molecule has 128 valence electrons. The van der Waals surface area contributed by atoms with Gasteiger partial charge in [0.25, 0.3) is 0 Å². The normalized spacial score (nSPS) is 19.8. The Morgan fingerprint density at radius 2 is 1.62 bits per heavy atom. The van der Waals surface area contributed by atoms with Crippen LogP contribution in [0.25, 0.3) is 0 Å². The molecule has 2 aromatic rings. The average molecular weight is 368 g/mol. The summed E-state index contributed by atoms with van der Waals surface area (Å²) in [6.07, 6.45) is 3.56. The van der Waals surface area contributed by atoms with Crippen LogP contribution in [0.3, 0.4) is 0 Å². The molecule has 0 N–H and O–H groups in total. The molecule has 0 bridgehead atoms. The second-order valence-electron chi connectivity index (χ2n) is 5.99. The molecule has 3 nitrogen and oxygen atoms in total. The van der Waals surface area contributed by atoms with Crippen LogP contribution in [0.4, 0.5) is 4.39 Å². The summed E-state index contributed by atoms with van der Waals surface area (Å²) in [5.41, 5.74) is 0.937. The molecule has 1 fully saturated rings. The van der Waals surface area contributed by atoms with Gasteiger partial charge in [0.1, 0.15) is 5.82 Å². The second kappa shape index (κ2) is 7.21. The molecule has 1 aliphatic heterocycles. The van der Waals surface area contributed by atoms with E-state index < -0.39 is 15.8 Å². The van der Waals surface area contributed by atoms with Crippen molar-refractivity contribution in [2.24, 2.45) is 0 Å². The molecule has 0 aromatic heterocycles. The van der Waals surface area contributed by atoms with Crippen LogP contribution in [0.15, 0.2) is 53.4 Å². The first kappa shape index (κ1) is 17.4. The quantitative estimate of drug-likeness (QED) is 0.782. The van der Waals surface area contributed by atoms with Gasteiger partial charge in [0.2, 0.25) is 10.0 Å². The van der Waals surface area contributed by atoms with Crippen LogP contribution in [-0.2, 0) is 10.0 Å². The van der Waals surface area contributed by atoms with E-state index in [9.17, 15) is 12.8 Å². The minimum absolute atomic E-state index is 0.129. The number of benzene rings is 2. The lowest BCUT2D eigenvalue weighted by atomic mass is 10.0. The smallest absolute Gasteiger partial charge is 0.207 e. The van der Waals surface area contributed by atoms with Gasteiger partial charge < -0.3 is 0 Å². The predicted molar refractivity (Wildman–Crippen MR) is 93.0 cm³/mol. The van der Waals surface area contributed by atoms with Gasteiger partial charge in [0, 0.05) is 11.6 Å². The Balaban J connectivity index is 2.00.